The molecule has 2 atom stereocenters. The molecule has 0 spiro atoms. The molecule has 34 heavy (non-hydrogen) atoms. The van der Waals surface area contributed by atoms with Crippen LogP contribution < -0.4 is 4.74 Å². The number of benzene rings is 1. The third-order valence-electron chi connectivity index (χ3n) is 6.49. The number of carboxylic acid groups (broad SMARTS) is 2. The number of hydrogen-bond donors (Lipinski definition) is 2. The van der Waals surface area contributed by atoms with E-state index in [4.69, 9.17) is 4.74 Å². The average Bonchev–Trinajstić information content (AvgIpc) is 2.76. The van der Waals surface area contributed by atoms with Crippen LogP contribution in [-0.4, -0.2) is 28.8 Å². The van der Waals surface area contributed by atoms with Crippen LogP contribution in [0.3, 0.4) is 0 Å². The lowest BCUT2D eigenvalue weighted by Gasteiger charge is -2.23. The molecule has 0 aliphatic carbocycles. The Kier molecular flexibility index (Phi) is 14.6. The minimum atomic E-state index is -0.904. The summed E-state index contributed by atoms with van der Waals surface area (Å²) in [6.45, 7) is 11.1. The monoisotopic (exact) mass is 476 g/mol. The van der Waals surface area contributed by atoms with Gasteiger partial charge in [-0.15, -0.1) is 0 Å². The van der Waals surface area contributed by atoms with Crippen molar-refractivity contribution in [3.8, 4) is 5.75 Å². The molecule has 0 aliphatic rings. The molecule has 1 aromatic carbocycles. The average molecular weight is 477 g/mol. The number of carboxylic acids is 2. The zero-order valence-corrected chi connectivity index (χ0v) is 22.1. The Labute approximate surface area is 207 Å². The van der Waals surface area contributed by atoms with Gasteiger partial charge in [0.1, 0.15) is 5.75 Å². The quantitative estimate of drug-likeness (QED) is 0.197. The Hall–Kier alpha value is -2.04. The lowest BCUT2D eigenvalue weighted by Crippen LogP contribution is -2.20. The maximum Gasteiger partial charge on any atom is 0.310 e. The van der Waals surface area contributed by atoms with Gasteiger partial charge in [-0.2, -0.15) is 0 Å². The van der Waals surface area contributed by atoms with Gasteiger partial charge in [0.2, 0.25) is 0 Å². The van der Waals surface area contributed by atoms with Crippen molar-refractivity contribution < 1.29 is 24.5 Å². The van der Waals surface area contributed by atoms with Crippen LogP contribution in [0.2, 0.25) is 0 Å². The van der Waals surface area contributed by atoms with Gasteiger partial charge in [0.25, 0.3) is 0 Å². The van der Waals surface area contributed by atoms with Crippen molar-refractivity contribution in [1.29, 1.82) is 0 Å². The summed E-state index contributed by atoms with van der Waals surface area (Å²) in [5.74, 6) is -1.86. The highest BCUT2D eigenvalue weighted by atomic mass is 16.5. The van der Waals surface area contributed by atoms with Crippen LogP contribution in [-0.2, 0) is 9.59 Å². The second-order valence-corrected chi connectivity index (χ2v) is 10.5. The van der Waals surface area contributed by atoms with Crippen molar-refractivity contribution in [2.45, 2.75) is 117 Å². The molecule has 2 unspecified atom stereocenters. The minimum Gasteiger partial charge on any atom is -0.494 e. The topological polar surface area (TPSA) is 83.8 Å². The van der Waals surface area contributed by atoms with E-state index in [2.05, 4.69) is 34.6 Å². The van der Waals surface area contributed by atoms with Crippen molar-refractivity contribution in [2.24, 2.45) is 11.8 Å². The van der Waals surface area contributed by atoms with Crippen molar-refractivity contribution in [3.63, 3.8) is 0 Å². The normalized spacial score (nSPS) is 13.3. The van der Waals surface area contributed by atoms with Gasteiger partial charge in [0, 0.05) is 0 Å². The molecule has 5 heteroatoms. The smallest absolute Gasteiger partial charge is 0.310 e. The molecule has 0 fully saturated rings. The molecule has 0 saturated carbocycles. The van der Waals surface area contributed by atoms with Crippen molar-refractivity contribution in [2.75, 3.05) is 6.61 Å². The van der Waals surface area contributed by atoms with E-state index in [9.17, 15) is 19.8 Å². The Morgan fingerprint density at radius 1 is 0.735 bits per heavy atom. The summed E-state index contributed by atoms with van der Waals surface area (Å²) in [5, 5.41) is 20.0. The van der Waals surface area contributed by atoms with Gasteiger partial charge >= 0.3 is 11.9 Å². The molecule has 0 aromatic heterocycles. The van der Waals surface area contributed by atoms with E-state index >= 15 is 0 Å². The molecule has 5 nitrogen and oxygen atoms in total. The fourth-order valence-electron chi connectivity index (χ4n) is 4.33. The molecule has 0 aliphatic heterocycles. The molecule has 1 rings (SSSR count). The standard InChI is InChI=1S/C29H48O5/c1-6-7-8-9-10-11-12-19-34-23-15-18-24(25(28(30)31)16-13-21(2)3)27(20-23)26(29(32)33)17-14-22(4)5/h15,18,20-22,25-26H,6-14,16-17,19H2,1-5H3,(H,30,31)(H,32,33). The number of unbranched alkanes of at least 4 members (excludes halogenated alkanes) is 6. The number of hydrogen-bond acceptors (Lipinski definition) is 3. The van der Waals surface area contributed by atoms with Crippen LogP contribution in [0.5, 0.6) is 5.75 Å². The van der Waals surface area contributed by atoms with Crippen LogP contribution in [0.25, 0.3) is 0 Å². The third-order valence-corrected chi connectivity index (χ3v) is 6.49. The minimum absolute atomic E-state index is 0.373. The van der Waals surface area contributed by atoms with Crippen LogP contribution in [0.15, 0.2) is 18.2 Å². The third kappa shape index (κ3) is 11.4. The molecule has 0 bridgehead atoms. The summed E-state index contributed by atoms with van der Waals surface area (Å²) in [5.41, 5.74) is 1.22. The van der Waals surface area contributed by atoms with Crippen LogP contribution in [0, 0.1) is 11.8 Å². The lowest BCUT2D eigenvalue weighted by molar-refractivity contribution is -0.140. The summed E-state index contributed by atoms with van der Waals surface area (Å²) >= 11 is 0. The predicted octanol–water partition coefficient (Wildman–Crippen LogP) is 8.02. The molecular weight excluding hydrogens is 428 g/mol. The summed E-state index contributed by atoms with van der Waals surface area (Å²) in [6.07, 6.45) is 10.9. The Morgan fingerprint density at radius 3 is 1.74 bits per heavy atom. The van der Waals surface area contributed by atoms with Crippen LogP contribution in [0.4, 0.5) is 0 Å². The van der Waals surface area contributed by atoms with Crippen molar-refractivity contribution in [1.82, 2.24) is 0 Å². The molecule has 1 aromatic rings. The van der Waals surface area contributed by atoms with Gasteiger partial charge in [-0.1, -0.05) is 79.2 Å². The van der Waals surface area contributed by atoms with Gasteiger partial charge in [0.15, 0.2) is 0 Å². The highest BCUT2D eigenvalue weighted by Crippen LogP contribution is 2.36. The Balaban J connectivity index is 3.06. The summed E-state index contributed by atoms with van der Waals surface area (Å²) < 4.78 is 5.98. The fourth-order valence-corrected chi connectivity index (χ4v) is 4.33. The SMILES string of the molecule is CCCCCCCCCOc1ccc(C(CCC(C)C)C(=O)O)c(C(CCC(C)C)C(=O)O)c1. The van der Waals surface area contributed by atoms with Crippen molar-refractivity contribution in [3.05, 3.63) is 29.3 Å². The second-order valence-electron chi connectivity index (χ2n) is 10.5. The maximum absolute atomic E-state index is 12.3. The Bertz CT molecular complexity index is 725. The lowest BCUT2D eigenvalue weighted by atomic mass is 9.81. The molecule has 0 heterocycles. The van der Waals surface area contributed by atoms with E-state index < -0.39 is 23.8 Å². The van der Waals surface area contributed by atoms with E-state index in [0.29, 0.717) is 48.2 Å². The molecule has 0 radical (unpaired) electrons. The van der Waals surface area contributed by atoms with Gasteiger partial charge in [-0.3, -0.25) is 9.59 Å². The van der Waals surface area contributed by atoms with Crippen LogP contribution in [0.1, 0.15) is 128 Å². The van der Waals surface area contributed by atoms with Gasteiger partial charge < -0.3 is 14.9 Å². The summed E-state index contributed by atoms with van der Waals surface area (Å²) in [7, 11) is 0. The maximum atomic E-state index is 12.3. The predicted molar refractivity (Wildman–Crippen MR) is 139 cm³/mol. The second kappa shape index (κ2) is 16.6. The van der Waals surface area contributed by atoms with E-state index in [1.54, 1.807) is 12.1 Å². The van der Waals surface area contributed by atoms with E-state index in [1.807, 2.05) is 6.07 Å². The first-order chi connectivity index (χ1) is 16.2. The fraction of sp³-hybridized carbons (Fsp3) is 0.724. The van der Waals surface area contributed by atoms with Gasteiger partial charge in [-0.05, 0) is 67.2 Å². The zero-order chi connectivity index (χ0) is 25.5. The Morgan fingerprint density at radius 2 is 1.24 bits per heavy atom. The number of carbonyl (C=O) groups is 2. The summed E-state index contributed by atoms with van der Waals surface area (Å²) in [6, 6.07) is 5.40. The van der Waals surface area contributed by atoms with E-state index in [0.717, 1.165) is 25.7 Å². The largest absolute Gasteiger partial charge is 0.494 e. The number of aliphatic carboxylic acids is 2. The van der Waals surface area contributed by atoms with Crippen molar-refractivity contribution >= 4 is 11.9 Å². The molecule has 0 saturated heterocycles. The van der Waals surface area contributed by atoms with Gasteiger partial charge in [0.05, 0.1) is 18.4 Å². The molecule has 2 N–H and O–H groups in total. The number of ether oxygens (including phenoxy) is 1. The first kappa shape index (κ1) is 30.0. The van der Waals surface area contributed by atoms with E-state index in [1.165, 1.54) is 32.1 Å². The number of rotatable bonds is 19. The van der Waals surface area contributed by atoms with E-state index in [-0.39, 0.29) is 0 Å². The molecule has 194 valence electrons. The summed E-state index contributed by atoms with van der Waals surface area (Å²) in [4.78, 5) is 24.4. The molecular formula is C29H48O5. The molecule has 0 amide bonds. The van der Waals surface area contributed by atoms with Gasteiger partial charge in [-0.25, -0.2) is 0 Å². The first-order valence-corrected chi connectivity index (χ1v) is 13.4. The highest BCUT2D eigenvalue weighted by molar-refractivity contribution is 5.81. The highest BCUT2D eigenvalue weighted by Gasteiger charge is 2.29. The first-order valence-electron chi connectivity index (χ1n) is 13.4. The van der Waals surface area contributed by atoms with Crippen LogP contribution >= 0.6 is 0 Å². The zero-order valence-electron chi connectivity index (χ0n) is 22.1.